The van der Waals surface area contributed by atoms with Crippen LogP contribution in [0.3, 0.4) is 0 Å². The maximum Gasteiger partial charge on any atom is 0.227 e. The molecule has 4 heterocycles. The normalized spacial score (nSPS) is 11.9. The van der Waals surface area contributed by atoms with E-state index in [-0.39, 0.29) is 0 Å². The molecule has 0 aliphatic rings. The van der Waals surface area contributed by atoms with Crippen LogP contribution in [-0.2, 0) is 0 Å². The Morgan fingerprint density at radius 3 is 1.67 bits per heavy atom. The van der Waals surface area contributed by atoms with Crippen molar-refractivity contribution < 1.29 is 4.42 Å². The van der Waals surface area contributed by atoms with Gasteiger partial charge in [-0.05, 0) is 82.6 Å². The molecule has 0 aliphatic heterocycles. The molecule has 0 atom stereocenters. The molecule has 12 rings (SSSR count). The minimum atomic E-state index is 0.619. The summed E-state index contributed by atoms with van der Waals surface area (Å²) in [5, 5.41) is 6.96. The summed E-state index contributed by atoms with van der Waals surface area (Å²) in [4.78, 5) is 20.6. The fraction of sp³-hybridized carbons (Fsp3) is 0. The van der Waals surface area contributed by atoms with Crippen LogP contribution in [-0.4, -0.2) is 19.9 Å². The summed E-state index contributed by atoms with van der Waals surface area (Å²) < 4.78 is 11.2. The van der Waals surface area contributed by atoms with Crippen LogP contribution in [0, 0.1) is 0 Å². The summed E-state index contributed by atoms with van der Waals surface area (Å²) in [7, 11) is 0. The SMILES string of the molecule is c1ccc(-c2ccc(-c3nc(-c4ccc5sc6ccccc6c5c4)nc(-c4ccc5ccc6sc7ccc8oc(-c9ccccc9)nc8c7c6c5c4)n3)cc2)cc1. The molecule has 0 unspecified atom stereocenters. The van der Waals surface area contributed by atoms with Gasteiger partial charge in [-0.25, -0.2) is 19.9 Å². The minimum Gasteiger partial charge on any atom is -0.436 e. The van der Waals surface area contributed by atoms with Crippen molar-refractivity contribution in [3.63, 3.8) is 0 Å². The Morgan fingerprint density at radius 1 is 0.351 bits per heavy atom. The summed E-state index contributed by atoms with van der Waals surface area (Å²) in [5.41, 5.74) is 7.70. The van der Waals surface area contributed by atoms with Crippen LogP contribution in [0.1, 0.15) is 0 Å². The summed E-state index contributed by atoms with van der Waals surface area (Å²) in [6.45, 7) is 0. The largest absolute Gasteiger partial charge is 0.436 e. The van der Waals surface area contributed by atoms with Crippen molar-refractivity contribution in [1.82, 2.24) is 19.9 Å². The van der Waals surface area contributed by atoms with E-state index < -0.39 is 0 Å². The second-order valence-corrected chi connectivity index (χ2v) is 16.4. The molecular formula is C50H28N4OS2. The highest BCUT2D eigenvalue weighted by Gasteiger charge is 2.19. The van der Waals surface area contributed by atoms with Crippen molar-refractivity contribution in [1.29, 1.82) is 0 Å². The van der Waals surface area contributed by atoms with Crippen LogP contribution in [0.4, 0.5) is 0 Å². The Kier molecular flexibility index (Phi) is 7.20. The Balaban J connectivity index is 1.06. The van der Waals surface area contributed by atoms with Gasteiger partial charge in [0.15, 0.2) is 23.1 Å². The predicted molar refractivity (Wildman–Crippen MR) is 238 cm³/mol. The van der Waals surface area contributed by atoms with Crippen molar-refractivity contribution in [2.75, 3.05) is 0 Å². The number of hydrogen-bond donors (Lipinski definition) is 0. The van der Waals surface area contributed by atoms with Crippen LogP contribution < -0.4 is 0 Å². The molecule has 0 aliphatic carbocycles. The van der Waals surface area contributed by atoms with Gasteiger partial charge in [-0.3, -0.25) is 0 Å². The monoisotopic (exact) mass is 764 g/mol. The molecule has 57 heavy (non-hydrogen) atoms. The molecule has 5 nitrogen and oxygen atoms in total. The lowest BCUT2D eigenvalue weighted by Gasteiger charge is -2.10. The fourth-order valence-electron chi connectivity index (χ4n) is 7.98. The van der Waals surface area contributed by atoms with Crippen molar-refractivity contribution >= 4 is 84.9 Å². The number of nitrogens with zero attached hydrogens (tertiary/aromatic N) is 4. The third-order valence-electron chi connectivity index (χ3n) is 10.8. The smallest absolute Gasteiger partial charge is 0.227 e. The molecule has 0 fully saturated rings. The van der Waals surface area contributed by atoms with E-state index in [0.29, 0.717) is 23.4 Å². The molecule has 0 amide bonds. The number of oxazole rings is 1. The van der Waals surface area contributed by atoms with Gasteiger partial charge in [-0.2, -0.15) is 0 Å². The van der Waals surface area contributed by atoms with E-state index in [4.69, 9.17) is 24.4 Å². The lowest BCUT2D eigenvalue weighted by atomic mass is 10.0. The van der Waals surface area contributed by atoms with Gasteiger partial charge in [0.2, 0.25) is 5.89 Å². The van der Waals surface area contributed by atoms with Gasteiger partial charge in [-0.1, -0.05) is 109 Å². The summed E-state index contributed by atoms with van der Waals surface area (Å²) >= 11 is 3.58. The maximum atomic E-state index is 6.34. The Hall–Kier alpha value is -7.06. The first-order chi connectivity index (χ1) is 28.2. The van der Waals surface area contributed by atoms with Gasteiger partial charge in [0.1, 0.15) is 5.52 Å². The molecule has 8 aromatic carbocycles. The van der Waals surface area contributed by atoms with Crippen molar-refractivity contribution in [3.05, 3.63) is 170 Å². The first kappa shape index (κ1) is 32.2. The van der Waals surface area contributed by atoms with Crippen LogP contribution in [0.25, 0.3) is 119 Å². The number of rotatable bonds is 5. The standard InChI is InChI=1S/C50H28N4OS2/c1-3-9-29(10-4-1)30-15-18-32(19-16-30)47-52-48(54-49(53-47)35-22-24-41-38(28-35)36-13-7-8-14-40(36)56-41)34-20-17-31-21-25-42-44(37(31)27-34)45-43(57-42)26-23-39-46(45)51-50(55-39)33-11-5-2-6-12-33/h1-28H. The fourth-order valence-corrected chi connectivity index (χ4v) is 10.2. The zero-order chi connectivity index (χ0) is 37.5. The van der Waals surface area contributed by atoms with Crippen LogP contribution >= 0.6 is 22.7 Å². The molecule has 266 valence electrons. The van der Waals surface area contributed by atoms with Gasteiger partial charge >= 0.3 is 0 Å². The highest BCUT2D eigenvalue weighted by molar-refractivity contribution is 7.26. The second kappa shape index (κ2) is 12.7. The molecule has 0 saturated heterocycles. The Labute approximate surface area is 334 Å². The topological polar surface area (TPSA) is 64.7 Å². The van der Waals surface area contributed by atoms with E-state index in [9.17, 15) is 0 Å². The average Bonchev–Trinajstić information content (AvgIpc) is 4.00. The van der Waals surface area contributed by atoms with Crippen molar-refractivity contribution in [3.8, 4) is 56.7 Å². The third kappa shape index (κ3) is 5.35. The molecule has 0 saturated carbocycles. The number of benzene rings is 8. The molecule has 12 aromatic rings. The van der Waals surface area contributed by atoms with Crippen LogP contribution in [0.15, 0.2) is 174 Å². The van der Waals surface area contributed by atoms with Gasteiger partial charge in [0.25, 0.3) is 0 Å². The summed E-state index contributed by atoms with van der Waals surface area (Å²) in [5.74, 6) is 2.50. The summed E-state index contributed by atoms with van der Waals surface area (Å²) in [6.07, 6.45) is 0. The average molecular weight is 765 g/mol. The highest BCUT2D eigenvalue weighted by Crippen LogP contribution is 2.44. The second-order valence-electron chi connectivity index (χ2n) is 14.2. The first-order valence-corrected chi connectivity index (χ1v) is 20.4. The molecule has 0 radical (unpaired) electrons. The van der Waals surface area contributed by atoms with Crippen LogP contribution in [0.2, 0.25) is 0 Å². The van der Waals surface area contributed by atoms with E-state index in [2.05, 4.69) is 127 Å². The zero-order valence-corrected chi connectivity index (χ0v) is 31.8. The molecule has 0 spiro atoms. The number of thiophene rings is 2. The van der Waals surface area contributed by atoms with E-state index in [1.165, 1.54) is 35.1 Å². The van der Waals surface area contributed by atoms with Gasteiger partial charge in [0, 0.05) is 62.6 Å². The molecular weight excluding hydrogens is 737 g/mol. The molecule has 4 aromatic heterocycles. The van der Waals surface area contributed by atoms with Gasteiger partial charge in [0.05, 0.1) is 0 Å². The Morgan fingerprint density at radius 2 is 0.877 bits per heavy atom. The molecule has 0 bridgehead atoms. The lowest BCUT2D eigenvalue weighted by molar-refractivity contribution is 0.620. The number of fused-ring (bicyclic) bond motifs is 10. The zero-order valence-electron chi connectivity index (χ0n) is 30.2. The van der Waals surface area contributed by atoms with E-state index in [1.807, 2.05) is 42.5 Å². The highest BCUT2D eigenvalue weighted by atomic mass is 32.1. The number of hydrogen-bond acceptors (Lipinski definition) is 7. The van der Waals surface area contributed by atoms with Crippen LogP contribution in [0.5, 0.6) is 0 Å². The van der Waals surface area contributed by atoms with Gasteiger partial charge < -0.3 is 4.42 Å². The first-order valence-electron chi connectivity index (χ1n) is 18.8. The maximum absolute atomic E-state index is 6.34. The van der Waals surface area contributed by atoms with E-state index in [1.54, 1.807) is 22.7 Å². The lowest BCUT2D eigenvalue weighted by Crippen LogP contribution is -2.00. The van der Waals surface area contributed by atoms with E-state index >= 15 is 0 Å². The predicted octanol–water partition coefficient (Wildman–Crippen LogP) is 14.2. The van der Waals surface area contributed by atoms with Gasteiger partial charge in [-0.15, -0.1) is 22.7 Å². The third-order valence-corrected chi connectivity index (χ3v) is 13.0. The Bertz CT molecular complexity index is 3520. The summed E-state index contributed by atoms with van der Waals surface area (Å²) in [6, 6.07) is 59.3. The van der Waals surface area contributed by atoms with Crippen molar-refractivity contribution in [2.45, 2.75) is 0 Å². The molecule has 0 N–H and O–H groups in total. The quantitative estimate of drug-likeness (QED) is 0.175. The van der Waals surface area contributed by atoms with Crippen molar-refractivity contribution in [2.24, 2.45) is 0 Å². The van der Waals surface area contributed by atoms with E-state index in [0.717, 1.165) is 60.5 Å². The minimum absolute atomic E-state index is 0.619. The molecule has 7 heteroatoms. The number of aromatic nitrogens is 4.